The Labute approximate surface area is 193 Å². The van der Waals surface area contributed by atoms with Crippen LogP contribution in [0.5, 0.6) is 0 Å². The molecule has 1 aromatic heterocycles. The molecule has 153 valence electrons. The van der Waals surface area contributed by atoms with Crippen LogP contribution in [-0.2, 0) is 0 Å². The zero-order chi connectivity index (χ0) is 21.3. The number of hydrogen-bond acceptors (Lipinski definition) is 0. The van der Waals surface area contributed by atoms with Crippen molar-refractivity contribution < 1.29 is 0 Å². The zero-order valence-corrected chi connectivity index (χ0v) is 19.5. The molecule has 6 rings (SSSR count). The van der Waals surface area contributed by atoms with Crippen molar-refractivity contribution in [2.75, 3.05) is 6.16 Å². The van der Waals surface area contributed by atoms with Crippen LogP contribution in [0.25, 0.3) is 21.0 Å². The molecule has 1 fully saturated rings. The fraction of sp³-hybridized carbons (Fsp3) is 0.0333. The molecule has 0 N–H and O–H groups in total. The summed E-state index contributed by atoms with van der Waals surface area (Å²) in [6.07, 6.45) is 8.08. The molecule has 0 aliphatic heterocycles. The smallest absolute Gasteiger partial charge is 0.0340 e. The highest BCUT2D eigenvalue weighted by molar-refractivity contribution is 7.73. The average molecular weight is 445 g/mol. The van der Waals surface area contributed by atoms with E-state index >= 15 is 0 Å². The lowest BCUT2D eigenvalue weighted by atomic mass is 10.1. The van der Waals surface area contributed by atoms with E-state index in [0.29, 0.717) is 0 Å². The van der Waals surface area contributed by atoms with Gasteiger partial charge in [0, 0.05) is 21.8 Å². The van der Waals surface area contributed by atoms with E-state index in [1.807, 2.05) is 0 Å². The molecule has 5 radical (unpaired) electrons. The van der Waals surface area contributed by atoms with Gasteiger partial charge in [0.25, 0.3) is 0 Å². The number of hydrogen-bond donors (Lipinski definition) is 0. The molecule has 2 heteroatoms. The number of rotatable bonds is 5. The van der Waals surface area contributed by atoms with E-state index in [1.54, 1.807) is 0 Å². The van der Waals surface area contributed by atoms with Crippen molar-refractivity contribution >= 4 is 47.1 Å². The molecule has 1 aliphatic carbocycles. The van der Waals surface area contributed by atoms with Gasteiger partial charge in [0.15, 0.2) is 0 Å². The molecule has 5 aromatic rings. The van der Waals surface area contributed by atoms with Gasteiger partial charge in [-0.1, -0.05) is 109 Å². The van der Waals surface area contributed by atoms with Gasteiger partial charge in [-0.05, 0) is 54.7 Å². The third-order valence-corrected chi connectivity index (χ3v) is 11.3. The van der Waals surface area contributed by atoms with Gasteiger partial charge in [0.1, 0.15) is 0 Å². The van der Waals surface area contributed by atoms with Crippen molar-refractivity contribution in [3.05, 3.63) is 140 Å². The van der Waals surface area contributed by atoms with Crippen LogP contribution in [0.3, 0.4) is 0 Å². The van der Waals surface area contributed by atoms with Crippen LogP contribution >= 0.6 is 15.5 Å². The third-order valence-electron chi connectivity index (χ3n) is 6.17. The molecule has 32 heavy (non-hydrogen) atoms. The van der Waals surface area contributed by atoms with Crippen LogP contribution in [0.1, 0.15) is 0 Å². The minimum atomic E-state index is -0.514. The van der Waals surface area contributed by atoms with Gasteiger partial charge in [0.2, 0.25) is 0 Å². The molecule has 0 atom stereocenters. The van der Waals surface area contributed by atoms with Gasteiger partial charge >= 0.3 is 0 Å². The van der Waals surface area contributed by atoms with E-state index in [4.69, 9.17) is 0 Å². The molecule has 1 aliphatic rings. The fourth-order valence-electron chi connectivity index (χ4n) is 4.70. The summed E-state index contributed by atoms with van der Waals surface area (Å²) in [5, 5.41) is 8.71. The summed E-state index contributed by atoms with van der Waals surface area (Å²) in [6, 6.07) is 40.1. The van der Waals surface area contributed by atoms with Crippen molar-refractivity contribution in [1.82, 2.24) is 0 Å². The zero-order valence-electron chi connectivity index (χ0n) is 17.7. The number of benzene rings is 4. The van der Waals surface area contributed by atoms with Crippen molar-refractivity contribution in [3.8, 4) is 0 Å². The Hall–Kier alpha value is -2.39. The first-order valence-electron chi connectivity index (χ1n) is 11.0. The van der Waals surface area contributed by atoms with Crippen LogP contribution in [0.4, 0.5) is 0 Å². The van der Waals surface area contributed by atoms with E-state index in [1.165, 1.54) is 43.2 Å². The summed E-state index contributed by atoms with van der Waals surface area (Å²) in [5.41, 5.74) is 1.52. The first-order chi connectivity index (χ1) is 15.9. The third kappa shape index (κ3) is 3.61. The van der Waals surface area contributed by atoms with Gasteiger partial charge in [0.05, 0.1) is 0 Å². The second-order valence-corrected chi connectivity index (χ2v) is 12.4. The fourth-order valence-corrected chi connectivity index (χ4v) is 9.96. The van der Waals surface area contributed by atoms with E-state index < -0.39 is 15.5 Å². The minimum Gasteiger partial charge on any atom is -0.100 e. The molecule has 0 saturated heterocycles. The predicted molar refractivity (Wildman–Crippen MR) is 143 cm³/mol. The van der Waals surface area contributed by atoms with Crippen molar-refractivity contribution in [1.29, 1.82) is 0 Å². The van der Waals surface area contributed by atoms with E-state index in [2.05, 4.69) is 128 Å². The lowest BCUT2D eigenvalue weighted by molar-refractivity contribution is 1.22. The normalized spacial score (nSPS) is 15.3. The highest BCUT2D eigenvalue weighted by Gasteiger charge is 2.35. The topological polar surface area (TPSA) is 0 Å². The molecular weight excluding hydrogens is 422 g/mol. The molecular formula is C30H23P2. The Bertz CT molecular complexity index is 1240. The van der Waals surface area contributed by atoms with Gasteiger partial charge < -0.3 is 0 Å². The molecule has 4 aromatic carbocycles. The highest BCUT2D eigenvalue weighted by atomic mass is 31.1. The second kappa shape index (κ2) is 8.86. The van der Waals surface area contributed by atoms with Crippen LogP contribution in [0, 0.1) is 30.8 Å². The van der Waals surface area contributed by atoms with Crippen LogP contribution < -0.4 is 10.6 Å². The van der Waals surface area contributed by atoms with Crippen LogP contribution in [0.2, 0.25) is 0 Å². The first kappa shape index (κ1) is 20.2. The lowest BCUT2D eigenvalue weighted by Crippen LogP contribution is -2.18. The summed E-state index contributed by atoms with van der Waals surface area (Å²) < 4.78 is 0. The van der Waals surface area contributed by atoms with Crippen LogP contribution in [-0.4, -0.2) is 6.16 Å². The Kier molecular flexibility index (Phi) is 5.60. The first-order valence-corrected chi connectivity index (χ1v) is 13.9. The average Bonchev–Trinajstić information content (AvgIpc) is 3.45. The Morgan fingerprint density at radius 3 is 1.59 bits per heavy atom. The minimum absolute atomic E-state index is 0.456. The monoisotopic (exact) mass is 445 g/mol. The van der Waals surface area contributed by atoms with Gasteiger partial charge in [-0.25, -0.2) is 0 Å². The Morgan fingerprint density at radius 1 is 0.531 bits per heavy atom. The second-order valence-electron chi connectivity index (χ2n) is 8.06. The summed E-state index contributed by atoms with van der Waals surface area (Å²) in [7, 11) is -0.970. The Morgan fingerprint density at radius 2 is 1.03 bits per heavy atom. The molecule has 0 nitrogen and oxygen atoms in total. The van der Waals surface area contributed by atoms with Crippen molar-refractivity contribution in [2.45, 2.75) is 0 Å². The molecule has 0 unspecified atom stereocenters. The maximum absolute atomic E-state index is 2.38. The largest absolute Gasteiger partial charge is 0.100 e. The van der Waals surface area contributed by atoms with Crippen molar-refractivity contribution in [3.63, 3.8) is 0 Å². The summed E-state index contributed by atoms with van der Waals surface area (Å²) in [5.74, 6) is 1.50. The number of fused-ring (bicyclic) bond motifs is 3. The van der Waals surface area contributed by atoms with E-state index in [0.717, 1.165) is 6.16 Å². The van der Waals surface area contributed by atoms with Gasteiger partial charge in [-0.3, -0.25) is 0 Å². The predicted octanol–water partition coefficient (Wildman–Crippen LogP) is 7.69. The maximum Gasteiger partial charge on any atom is 0.0340 e. The SMILES string of the molecule is [CH]1[CH][C](CP(c2ccccc2)c2ccccc2)[C](p2c3ccccc3c3ccccc32)[CH]1. The highest BCUT2D eigenvalue weighted by Crippen LogP contribution is 2.62. The van der Waals surface area contributed by atoms with Crippen LogP contribution in [0.15, 0.2) is 109 Å². The standard InChI is InChI=1S/C30H23P2/c1-3-13-24(14-4-1)31(25-15-5-2-6-16-25)22-23-12-11-21-28(23)32-29-19-9-7-17-26(29)27-18-8-10-20-30(27)32/h1-21H,22H2. The summed E-state index contributed by atoms with van der Waals surface area (Å²) in [6.45, 7) is 0. The summed E-state index contributed by atoms with van der Waals surface area (Å²) >= 11 is 0. The van der Waals surface area contributed by atoms with E-state index in [9.17, 15) is 0 Å². The summed E-state index contributed by atoms with van der Waals surface area (Å²) in [4.78, 5) is 0. The lowest BCUT2D eigenvalue weighted by Gasteiger charge is -2.26. The van der Waals surface area contributed by atoms with Crippen molar-refractivity contribution in [2.24, 2.45) is 0 Å². The van der Waals surface area contributed by atoms with Gasteiger partial charge in [-0.2, -0.15) is 0 Å². The molecule has 0 spiro atoms. The molecule has 1 saturated carbocycles. The van der Waals surface area contributed by atoms with E-state index in [-0.39, 0.29) is 0 Å². The van der Waals surface area contributed by atoms with Gasteiger partial charge in [-0.15, -0.1) is 7.53 Å². The molecule has 1 heterocycles. The quantitative estimate of drug-likeness (QED) is 0.243. The molecule has 0 amide bonds. The Balaban J connectivity index is 1.43. The maximum atomic E-state index is 2.38. The molecule has 0 bridgehead atoms.